The van der Waals surface area contributed by atoms with Gasteiger partial charge >= 0.3 is 12.1 Å². The maximum Gasteiger partial charge on any atom is 0.412 e. The van der Waals surface area contributed by atoms with Gasteiger partial charge in [-0.2, -0.15) is 0 Å². The highest BCUT2D eigenvalue weighted by molar-refractivity contribution is 5.84. The predicted molar refractivity (Wildman–Crippen MR) is 70.1 cm³/mol. The van der Waals surface area contributed by atoms with E-state index in [0.29, 0.717) is 11.4 Å². The second-order valence-electron chi connectivity index (χ2n) is 5.16. The van der Waals surface area contributed by atoms with E-state index >= 15 is 0 Å². The Morgan fingerprint density at radius 2 is 2.00 bits per heavy atom. The van der Waals surface area contributed by atoms with Gasteiger partial charge in [-0.25, -0.2) is 4.79 Å². The molecule has 0 bridgehead atoms. The van der Waals surface area contributed by atoms with Gasteiger partial charge in [0.2, 0.25) is 0 Å². The van der Waals surface area contributed by atoms with Crippen molar-refractivity contribution >= 4 is 17.7 Å². The number of carboxylic acid groups (broad SMARTS) is 1. The van der Waals surface area contributed by atoms with Gasteiger partial charge in [-0.05, 0) is 39.8 Å². The first-order chi connectivity index (χ1) is 8.69. The summed E-state index contributed by atoms with van der Waals surface area (Å²) in [6, 6.07) is 3.15. The molecule has 0 fully saturated rings. The van der Waals surface area contributed by atoms with Gasteiger partial charge in [0.05, 0.1) is 23.5 Å². The van der Waals surface area contributed by atoms with Crippen molar-refractivity contribution in [3.63, 3.8) is 0 Å². The Labute approximate surface area is 111 Å². The van der Waals surface area contributed by atoms with Crippen molar-refractivity contribution in [2.24, 2.45) is 0 Å². The molecule has 1 aromatic heterocycles. The lowest BCUT2D eigenvalue weighted by Gasteiger charge is -2.19. The summed E-state index contributed by atoms with van der Waals surface area (Å²) in [4.78, 5) is 26.3. The topological polar surface area (TPSA) is 88.5 Å². The van der Waals surface area contributed by atoms with Crippen molar-refractivity contribution in [1.29, 1.82) is 0 Å². The molecule has 6 nitrogen and oxygen atoms in total. The van der Waals surface area contributed by atoms with Gasteiger partial charge < -0.3 is 9.84 Å². The molecule has 104 valence electrons. The molecule has 0 saturated heterocycles. The first-order valence-corrected chi connectivity index (χ1v) is 5.88. The number of anilines is 1. The molecule has 0 saturated carbocycles. The van der Waals surface area contributed by atoms with Crippen LogP contribution in [0.15, 0.2) is 18.3 Å². The maximum atomic E-state index is 11.5. The minimum absolute atomic E-state index is 0.433. The van der Waals surface area contributed by atoms with E-state index in [2.05, 4.69) is 10.3 Å². The third kappa shape index (κ3) is 4.95. The van der Waals surface area contributed by atoms with Crippen LogP contribution in [-0.2, 0) is 9.53 Å². The van der Waals surface area contributed by atoms with Crippen molar-refractivity contribution in [2.75, 3.05) is 5.32 Å². The van der Waals surface area contributed by atoms with Crippen LogP contribution in [0, 0.1) is 0 Å². The van der Waals surface area contributed by atoms with E-state index < -0.39 is 23.6 Å². The van der Waals surface area contributed by atoms with Crippen LogP contribution in [0.2, 0.25) is 0 Å². The molecule has 0 radical (unpaired) electrons. The number of carbonyl (C=O) groups excluding carboxylic acids is 1. The number of pyridine rings is 1. The van der Waals surface area contributed by atoms with Crippen molar-refractivity contribution in [1.82, 2.24) is 4.98 Å². The molecule has 6 heteroatoms. The van der Waals surface area contributed by atoms with E-state index in [1.165, 1.54) is 6.20 Å². The van der Waals surface area contributed by atoms with E-state index in [-0.39, 0.29) is 0 Å². The number of carbonyl (C=O) groups is 2. The molecule has 1 rings (SSSR count). The summed E-state index contributed by atoms with van der Waals surface area (Å²) >= 11 is 0. The average Bonchev–Trinajstić information content (AvgIpc) is 2.26. The Kier molecular flexibility index (Phi) is 4.47. The highest BCUT2D eigenvalue weighted by Gasteiger charge is 2.17. The summed E-state index contributed by atoms with van der Waals surface area (Å²) in [5, 5.41) is 11.4. The fourth-order valence-electron chi connectivity index (χ4n) is 1.28. The molecular weight excluding hydrogens is 248 g/mol. The molecule has 19 heavy (non-hydrogen) atoms. The number of hydrogen-bond donors (Lipinski definition) is 2. The maximum absolute atomic E-state index is 11.5. The molecule has 0 spiro atoms. The van der Waals surface area contributed by atoms with E-state index in [9.17, 15) is 9.59 Å². The first kappa shape index (κ1) is 14.9. The number of amides is 1. The molecule has 1 unspecified atom stereocenters. The Hall–Kier alpha value is -2.11. The fraction of sp³-hybridized carbons (Fsp3) is 0.462. The largest absolute Gasteiger partial charge is 0.481 e. The number of aliphatic carboxylic acids is 1. The lowest BCUT2D eigenvalue weighted by molar-refractivity contribution is -0.138. The number of rotatable bonds is 3. The molecule has 1 heterocycles. The third-order valence-electron chi connectivity index (χ3n) is 2.25. The summed E-state index contributed by atoms with van der Waals surface area (Å²) in [7, 11) is 0. The normalized spacial score (nSPS) is 12.6. The number of hydrogen-bond acceptors (Lipinski definition) is 4. The Morgan fingerprint density at radius 1 is 1.37 bits per heavy atom. The van der Waals surface area contributed by atoms with Crippen LogP contribution >= 0.6 is 0 Å². The summed E-state index contributed by atoms with van der Waals surface area (Å²) in [6.07, 6.45) is 0.826. The van der Waals surface area contributed by atoms with E-state index in [4.69, 9.17) is 9.84 Å². The monoisotopic (exact) mass is 266 g/mol. The lowest BCUT2D eigenvalue weighted by atomic mass is 10.1. The molecular formula is C13H18N2O4. The summed E-state index contributed by atoms with van der Waals surface area (Å²) in [5.41, 5.74) is 0.313. The van der Waals surface area contributed by atoms with Crippen molar-refractivity contribution in [2.45, 2.75) is 39.2 Å². The van der Waals surface area contributed by atoms with Crippen LogP contribution in [0.5, 0.6) is 0 Å². The van der Waals surface area contributed by atoms with Gasteiger partial charge in [0.15, 0.2) is 0 Å². The number of carboxylic acids is 1. The molecule has 2 N–H and O–H groups in total. The molecule has 0 aliphatic carbocycles. The van der Waals surface area contributed by atoms with Crippen LogP contribution in [0.4, 0.5) is 10.5 Å². The lowest BCUT2D eigenvalue weighted by Crippen LogP contribution is -2.27. The van der Waals surface area contributed by atoms with E-state index in [1.807, 2.05) is 0 Å². The van der Waals surface area contributed by atoms with Crippen LogP contribution in [0.3, 0.4) is 0 Å². The molecule has 1 aromatic rings. The number of aromatic nitrogens is 1. The van der Waals surface area contributed by atoms with Gasteiger partial charge in [-0.15, -0.1) is 0 Å². The fourth-order valence-corrected chi connectivity index (χ4v) is 1.28. The Bertz CT molecular complexity index is 463. The van der Waals surface area contributed by atoms with Gasteiger partial charge in [0.25, 0.3) is 0 Å². The second-order valence-corrected chi connectivity index (χ2v) is 5.16. The highest BCUT2D eigenvalue weighted by atomic mass is 16.6. The molecule has 1 atom stereocenters. The van der Waals surface area contributed by atoms with Gasteiger partial charge in [-0.1, -0.05) is 0 Å². The van der Waals surface area contributed by atoms with E-state index in [0.717, 1.165) is 0 Å². The summed E-state index contributed by atoms with van der Waals surface area (Å²) < 4.78 is 5.09. The van der Waals surface area contributed by atoms with Crippen LogP contribution in [0.1, 0.15) is 39.3 Å². The zero-order valence-electron chi connectivity index (χ0n) is 11.4. The van der Waals surface area contributed by atoms with Crippen molar-refractivity contribution < 1.29 is 19.4 Å². The number of nitrogens with one attached hydrogen (secondary N) is 1. The molecule has 1 amide bonds. The molecule has 0 aliphatic rings. The second kappa shape index (κ2) is 5.69. The first-order valence-electron chi connectivity index (χ1n) is 5.88. The van der Waals surface area contributed by atoms with Crippen molar-refractivity contribution in [3.05, 3.63) is 24.0 Å². The predicted octanol–water partition coefficient (Wildman–Crippen LogP) is 2.62. The Balaban J connectivity index is 2.67. The van der Waals surface area contributed by atoms with Crippen LogP contribution in [0.25, 0.3) is 0 Å². The van der Waals surface area contributed by atoms with E-state index in [1.54, 1.807) is 39.8 Å². The molecule has 0 aliphatic heterocycles. The summed E-state index contributed by atoms with van der Waals surface area (Å²) in [6.45, 7) is 6.85. The standard InChI is InChI=1S/C13H18N2O4/c1-8(11(16)17)10-6-5-9(7-14-10)15-12(18)19-13(2,3)4/h5-8H,1-4H3,(H,15,18)(H,16,17). The minimum Gasteiger partial charge on any atom is -0.481 e. The van der Waals surface area contributed by atoms with Gasteiger partial charge in [0.1, 0.15) is 5.60 Å². The minimum atomic E-state index is -0.944. The van der Waals surface area contributed by atoms with Crippen molar-refractivity contribution in [3.8, 4) is 0 Å². The zero-order valence-corrected chi connectivity index (χ0v) is 11.4. The molecule has 0 aromatic carbocycles. The third-order valence-corrected chi connectivity index (χ3v) is 2.25. The number of nitrogens with zero attached hydrogens (tertiary/aromatic N) is 1. The number of ether oxygens (including phenoxy) is 1. The SMILES string of the molecule is CC(C(=O)O)c1ccc(NC(=O)OC(C)(C)C)cn1. The summed E-state index contributed by atoms with van der Waals surface area (Å²) in [5.74, 6) is -1.63. The highest BCUT2D eigenvalue weighted by Crippen LogP contribution is 2.16. The quantitative estimate of drug-likeness (QED) is 0.877. The smallest absolute Gasteiger partial charge is 0.412 e. The van der Waals surface area contributed by atoms with Gasteiger partial charge in [-0.3, -0.25) is 15.1 Å². The van der Waals surface area contributed by atoms with Crippen LogP contribution in [-0.4, -0.2) is 27.8 Å². The van der Waals surface area contributed by atoms with Crippen LogP contribution < -0.4 is 5.32 Å². The zero-order chi connectivity index (χ0) is 14.6. The van der Waals surface area contributed by atoms with Gasteiger partial charge in [0, 0.05) is 0 Å². The average molecular weight is 266 g/mol. The Morgan fingerprint density at radius 3 is 2.42 bits per heavy atom.